The van der Waals surface area contributed by atoms with Gasteiger partial charge >= 0.3 is 5.97 Å². The highest BCUT2D eigenvalue weighted by Crippen LogP contribution is 2.17. The summed E-state index contributed by atoms with van der Waals surface area (Å²) in [7, 11) is 0. The monoisotopic (exact) mass is 221 g/mol. The van der Waals surface area contributed by atoms with Crippen molar-refractivity contribution in [3.63, 3.8) is 0 Å². The van der Waals surface area contributed by atoms with Crippen LogP contribution < -0.4 is 0 Å². The van der Waals surface area contributed by atoms with Crippen LogP contribution in [0.5, 0.6) is 0 Å². The Morgan fingerprint density at radius 3 is 2.62 bits per heavy atom. The lowest BCUT2D eigenvalue weighted by Crippen LogP contribution is -1.98. The Hall–Kier alpha value is -2.30. The van der Waals surface area contributed by atoms with Gasteiger partial charge in [0.05, 0.1) is 11.1 Å². The summed E-state index contributed by atoms with van der Waals surface area (Å²) in [5.41, 5.74) is 0.542. The standard InChI is InChI=1S/C10H6FNO2.CH2O/c11-6-1-2-9-8(5-6)7(10(13)14)3-4-12-9;1-2/h1-5H,(H,13,14);1H2. The first-order valence-corrected chi connectivity index (χ1v) is 4.25. The second kappa shape index (κ2) is 4.97. The SMILES string of the molecule is C=O.O=C(O)c1ccnc2ccc(F)cc12. The van der Waals surface area contributed by atoms with Crippen molar-refractivity contribution in [1.82, 2.24) is 4.98 Å². The van der Waals surface area contributed by atoms with Gasteiger partial charge in [-0.05, 0) is 24.3 Å². The number of fused-ring (bicyclic) bond motifs is 1. The molecule has 0 saturated heterocycles. The zero-order chi connectivity index (χ0) is 12.1. The minimum absolute atomic E-state index is 0.0644. The molecule has 0 radical (unpaired) electrons. The van der Waals surface area contributed by atoms with Crippen molar-refractivity contribution in [3.05, 3.63) is 41.8 Å². The second-order valence-electron chi connectivity index (χ2n) is 2.83. The number of aromatic nitrogens is 1. The van der Waals surface area contributed by atoms with E-state index < -0.39 is 11.8 Å². The number of hydrogen-bond acceptors (Lipinski definition) is 3. The van der Waals surface area contributed by atoms with Crippen molar-refractivity contribution >= 4 is 23.7 Å². The quantitative estimate of drug-likeness (QED) is 0.798. The number of carboxylic acid groups (broad SMARTS) is 1. The number of benzene rings is 1. The molecule has 4 nitrogen and oxygen atoms in total. The third-order valence-corrected chi connectivity index (χ3v) is 1.93. The van der Waals surface area contributed by atoms with Gasteiger partial charge in [-0.15, -0.1) is 0 Å². The zero-order valence-electron chi connectivity index (χ0n) is 8.18. The second-order valence-corrected chi connectivity index (χ2v) is 2.83. The number of halogens is 1. The molecule has 1 N–H and O–H groups in total. The molecule has 0 aliphatic heterocycles. The van der Waals surface area contributed by atoms with Crippen LogP contribution in [0.1, 0.15) is 10.4 Å². The molecule has 2 rings (SSSR count). The number of carbonyl (C=O) groups is 2. The first-order valence-electron chi connectivity index (χ1n) is 4.25. The number of nitrogens with zero attached hydrogens (tertiary/aromatic N) is 1. The van der Waals surface area contributed by atoms with Crippen LogP contribution >= 0.6 is 0 Å². The number of carbonyl (C=O) groups excluding carboxylic acids is 1. The summed E-state index contributed by atoms with van der Waals surface area (Å²) >= 11 is 0. The van der Waals surface area contributed by atoms with Gasteiger partial charge in [-0.2, -0.15) is 0 Å². The first kappa shape index (κ1) is 11.8. The minimum Gasteiger partial charge on any atom is -0.478 e. The number of hydrogen-bond donors (Lipinski definition) is 1. The molecule has 5 heteroatoms. The molecular weight excluding hydrogens is 213 g/mol. The van der Waals surface area contributed by atoms with Gasteiger partial charge < -0.3 is 9.90 Å². The molecule has 0 aliphatic carbocycles. The van der Waals surface area contributed by atoms with Crippen molar-refractivity contribution in [3.8, 4) is 0 Å². The van der Waals surface area contributed by atoms with Gasteiger partial charge in [0.25, 0.3) is 0 Å². The summed E-state index contributed by atoms with van der Waals surface area (Å²) in [4.78, 5) is 22.7. The minimum atomic E-state index is -1.08. The highest BCUT2D eigenvalue weighted by molar-refractivity contribution is 6.02. The molecular formula is C11H8FNO3. The molecule has 0 aliphatic rings. The van der Waals surface area contributed by atoms with Gasteiger partial charge in [0.15, 0.2) is 0 Å². The highest BCUT2D eigenvalue weighted by Gasteiger charge is 2.08. The van der Waals surface area contributed by atoms with Crippen molar-refractivity contribution < 1.29 is 19.1 Å². The smallest absolute Gasteiger partial charge is 0.336 e. The molecule has 1 aromatic heterocycles. The van der Waals surface area contributed by atoms with E-state index in [4.69, 9.17) is 9.90 Å². The van der Waals surface area contributed by atoms with E-state index in [1.54, 1.807) is 0 Å². The fourth-order valence-electron chi connectivity index (χ4n) is 1.30. The molecule has 0 saturated carbocycles. The molecule has 0 unspecified atom stereocenters. The maximum Gasteiger partial charge on any atom is 0.336 e. The van der Waals surface area contributed by atoms with Gasteiger partial charge in [-0.3, -0.25) is 4.98 Å². The Morgan fingerprint density at radius 2 is 2.00 bits per heavy atom. The van der Waals surface area contributed by atoms with E-state index in [9.17, 15) is 9.18 Å². The van der Waals surface area contributed by atoms with E-state index in [0.29, 0.717) is 10.9 Å². The van der Waals surface area contributed by atoms with Crippen molar-refractivity contribution in [1.29, 1.82) is 0 Å². The Labute approximate surface area is 90.4 Å². The number of pyridine rings is 1. The Balaban J connectivity index is 0.000000606. The van der Waals surface area contributed by atoms with Gasteiger partial charge in [0, 0.05) is 11.6 Å². The number of rotatable bonds is 1. The predicted molar refractivity (Wildman–Crippen MR) is 55.8 cm³/mol. The molecule has 0 fully saturated rings. The molecule has 1 aromatic carbocycles. The maximum absolute atomic E-state index is 12.9. The van der Waals surface area contributed by atoms with Crippen LogP contribution in [0.15, 0.2) is 30.5 Å². The Kier molecular flexibility index (Phi) is 3.66. The van der Waals surface area contributed by atoms with Gasteiger partial charge in [-0.1, -0.05) is 0 Å². The summed E-state index contributed by atoms with van der Waals surface area (Å²) < 4.78 is 12.9. The van der Waals surface area contributed by atoms with Crippen molar-refractivity contribution in [2.24, 2.45) is 0 Å². The van der Waals surface area contributed by atoms with Gasteiger partial charge in [0.1, 0.15) is 12.6 Å². The largest absolute Gasteiger partial charge is 0.478 e. The van der Waals surface area contributed by atoms with Crippen LogP contribution in [0.2, 0.25) is 0 Å². The molecule has 1 heterocycles. The molecule has 0 bridgehead atoms. The molecule has 0 spiro atoms. The van der Waals surface area contributed by atoms with Crippen molar-refractivity contribution in [2.75, 3.05) is 0 Å². The van der Waals surface area contributed by atoms with Gasteiger partial charge in [0.2, 0.25) is 0 Å². The third-order valence-electron chi connectivity index (χ3n) is 1.93. The normalized spacial score (nSPS) is 9.31. The number of aromatic carboxylic acids is 1. The van der Waals surface area contributed by atoms with E-state index in [-0.39, 0.29) is 5.56 Å². The lowest BCUT2D eigenvalue weighted by molar-refractivity contribution is -0.0980. The summed E-state index contributed by atoms with van der Waals surface area (Å²) in [6.45, 7) is 2.00. The zero-order valence-corrected chi connectivity index (χ0v) is 8.18. The highest BCUT2D eigenvalue weighted by atomic mass is 19.1. The summed E-state index contributed by atoms with van der Waals surface area (Å²) in [5, 5.41) is 9.14. The van der Waals surface area contributed by atoms with E-state index in [1.807, 2.05) is 6.79 Å². The molecule has 0 amide bonds. The predicted octanol–water partition coefficient (Wildman–Crippen LogP) is 1.89. The van der Waals surface area contributed by atoms with Crippen LogP contribution in [0.3, 0.4) is 0 Å². The average Bonchev–Trinajstić information content (AvgIpc) is 2.30. The molecule has 16 heavy (non-hydrogen) atoms. The van der Waals surface area contributed by atoms with E-state index in [1.165, 1.54) is 30.5 Å². The summed E-state index contributed by atoms with van der Waals surface area (Å²) in [5.74, 6) is -1.55. The lowest BCUT2D eigenvalue weighted by Gasteiger charge is -2.00. The van der Waals surface area contributed by atoms with E-state index in [0.717, 1.165) is 0 Å². The van der Waals surface area contributed by atoms with E-state index >= 15 is 0 Å². The molecule has 2 aromatic rings. The van der Waals surface area contributed by atoms with Gasteiger partial charge in [-0.25, -0.2) is 9.18 Å². The fourth-order valence-corrected chi connectivity index (χ4v) is 1.30. The summed E-state index contributed by atoms with van der Waals surface area (Å²) in [6.07, 6.45) is 1.39. The first-order chi connectivity index (χ1) is 7.68. The Bertz CT molecular complexity index is 528. The topological polar surface area (TPSA) is 67.3 Å². The van der Waals surface area contributed by atoms with Crippen molar-refractivity contribution in [2.45, 2.75) is 0 Å². The van der Waals surface area contributed by atoms with Crippen LogP contribution in [-0.4, -0.2) is 22.8 Å². The third kappa shape index (κ3) is 2.20. The van der Waals surface area contributed by atoms with E-state index in [2.05, 4.69) is 4.98 Å². The molecule has 82 valence electrons. The Morgan fingerprint density at radius 1 is 1.31 bits per heavy atom. The lowest BCUT2D eigenvalue weighted by atomic mass is 10.1. The summed E-state index contributed by atoms with van der Waals surface area (Å²) in [6, 6.07) is 5.23. The molecule has 0 atom stereocenters. The van der Waals surface area contributed by atoms with Crippen LogP contribution in [0.25, 0.3) is 10.9 Å². The van der Waals surface area contributed by atoms with Crippen LogP contribution in [0.4, 0.5) is 4.39 Å². The fraction of sp³-hybridized carbons (Fsp3) is 0. The van der Waals surface area contributed by atoms with Crippen LogP contribution in [-0.2, 0) is 4.79 Å². The maximum atomic E-state index is 12.9. The number of carboxylic acids is 1. The average molecular weight is 221 g/mol. The van der Waals surface area contributed by atoms with Crippen LogP contribution in [0, 0.1) is 5.82 Å².